The molecule has 0 heterocycles. The van der Waals surface area contributed by atoms with Crippen LogP contribution in [0.1, 0.15) is 52.0 Å². The maximum Gasteiger partial charge on any atom is 0.345 e. The van der Waals surface area contributed by atoms with E-state index in [1.54, 1.807) is 54.6 Å². The highest BCUT2D eigenvalue weighted by atomic mass is 79.9. The lowest BCUT2D eigenvalue weighted by atomic mass is 10.2. The van der Waals surface area contributed by atoms with E-state index in [4.69, 9.17) is 16.3 Å². The van der Waals surface area contributed by atoms with Crippen LogP contribution in [-0.4, -0.2) is 30.5 Å². The third-order valence-corrected chi connectivity index (χ3v) is 6.07. The van der Waals surface area contributed by atoms with Gasteiger partial charge in [0.2, 0.25) is 5.91 Å². The minimum atomic E-state index is -0.560. The Labute approximate surface area is 223 Å². The van der Waals surface area contributed by atoms with Crippen LogP contribution < -0.4 is 15.5 Å². The van der Waals surface area contributed by atoms with Crippen molar-refractivity contribution in [1.29, 1.82) is 0 Å². The van der Waals surface area contributed by atoms with E-state index >= 15 is 0 Å². The monoisotopic (exact) mass is 569 g/mol. The van der Waals surface area contributed by atoms with Gasteiger partial charge in [-0.15, -0.1) is 0 Å². The summed E-state index contributed by atoms with van der Waals surface area (Å²) in [5, 5.41) is 7.16. The van der Waals surface area contributed by atoms with Crippen LogP contribution in [0.4, 0.5) is 0 Å². The number of rotatable bonds is 11. The molecule has 0 bridgehead atoms. The van der Waals surface area contributed by atoms with Crippen molar-refractivity contribution in [2.24, 2.45) is 5.10 Å². The van der Waals surface area contributed by atoms with Gasteiger partial charge >= 0.3 is 5.97 Å². The number of ether oxygens (including phenoxy) is 1. The van der Waals surface area contributed by atoms with Crippen molar-refractivity contribution >= 4 is 51.5 Å². The van der Waals surface area contributed by atoms with E-state index in [9.17, 15) is 14.4 Å². The molecule has 3 aromatic carbocycles. The number of esters is 1. The lowest BCUT2D eigenvalue weighted by Crippen LogP contribution is -2.24. The van der Waals surface area contributed by atoms with E-state index in [0.717, 1.165) is 17.3 Å². The Hall–Kier alpha value is -3.49. The summed E-state index contributed by atoms with van der Waals surface area (Å²) in [6.07, 6.45) is 4.05. The number of benzene rings is 3. The van der Waals surface area contributed by atoms with Gasteiger partial charge in [0.15, 0.2) is 0 Å². The van der Waals surface area contributed by atoms with Crippen molar-refractivity contribution < 1.29 is 19.1 Å². The summed E-state index contributed by atoms with van der Waals surface area (Å²) in [4.78, 5) is 36.5. The molecule has 0 radical (unpaired) electrons. The van der Waals surface area contributed by atoms with Gasteiger partial charge in [-0.2, -0.15) is 5.10 Å². The molecule has 2 N–H and O–H groups in total. The predicted molar refractivity (Wildman–Crippen MR) is 144 cm³/mol. The van der Waals surface area contributed by atoms with Gasteiger partial charge in [0.25, 0.3) is 5.91 Å². The molecule has 0 aliphatic heterocycles. The van der Waals surface area contributed by atoms with Crippen molar-refractivity contribution in [2.75, 3.05) is 6.54 Å². The number of carbonyl (C=O) groups excluding carboxylic acids is 3. The maximum absolute atomic E-state index is 12.3. The number of hydrogen-bond acceptors (Lipinski definition) is 5. The molecule has 7 nitrogen and oxygen atoms in total. The van der Waals surface area contributed by atoms with Crippen LogP contribution >= 0.6 is 27.5 Å². The first-order valence-electron chi connectivity index (χ1n) is 11.4. The highest BCUT2D eigenvalue weighted by Crippen LogP contribution is 2.19. The smallest absolute Gasteiger partial charge is 0.345 e. The Kier molecular flexibility index (Phi) is 10.7. The molecule has 3 rings (SSSR count). The summed E-state index contributed by atoms with van der Waals surface area (Å²) in [7, 11) is 0. The fraction of sp³-hybridized carbons (Fsp3) is 0.185. The van der Waals surface area contributed by atoms with E-state index in [0.29, 0.717) is 41.3 Å². The molecular weight excluding hydrogens is 546 g/mol. The van der Waals surface area contributed by atoms with Gasteiger partial charge in [-0.05, 0) is 70.7 Å². The molecule has 9 heteroatoms. The molecule has 0 aliphatic carbocycles. The molecule has 0 unspecified atom stereocenters. The number of carbonyl (C=O) groups is 3. The van der Waals surface area contributed by atoms with Crippen LogP contribution in [0.3, 0.4) is 0 Å². The lowest BCUT2D eigenvalue weighted by molar-refractivity contribution is -0.121. The van der Waals surface area contributed by atoms with Gasteiger partial charge in [-0.25, -0.2) is 10.2 Å². The van der Waals surface area contributed by atoms with Crippen molar-refractivity contribution in [3.63, 3.8) is 0 Å². The molecule has 0 saturated heterocycles. The molecule has 0 spiro atoms. The van der Waals surface area contributed by atoms with Gasteiger partial charge in [0, 0.05) is 17.4 Å². The molecule has 0 saturated carbocycles. The van der Waals surface area contributed by atoms with E-state index in [1.165, 1.54) is 6.21 Å². The zero-order valence-electron chi connectivity index (χ0n) is 19.4. The molecule has 2 amide bonds. The van der Waals surface area contributed by atoms with Gasteiger partial charge in [-0.3, -0.25) is 9.59 Å². The Bertz CT molecular complexity index is 1250. The Morgan fingerprint density at radius 1 is 0.917 bits per heavy atom. The van der Waals surface area contributed by atoms with Gasteiger partial charge in [0.1, 0.15) is 5.75 Å². The SMILES string of the molecule is O=C(CCCCCNC(=O)c1ccccc1Br)NN=Cc1cccc(OC(=O)c2ccccc2Cl)c1. The van der Waals surface area contributed by atoms with Gasteiger partial charge in [0.05, 0.1) is 22.4 Å². The largest absolute Gasteiger partial charge is 0.423 e. The number of unbranched alkanes of at least 4 members (excludes halogenated alkanes) is 2. The van der Waals surface area contributed by atoms with E-state index < -0.39 is 5.97 Å². The first kappa shape index (κ1) is 27.1. The summed E-state index contributed by atoms with van der Waals surface area (Å²) in [5.74, 6) is -0.556. The number of hydrogen-bond donors (Lipinski definition) is 2. The molecule has 0 aromatic heterocycles. The Balaban J connectivity index is 1.34. The molecule has 36 heavy (non-hydrogen) atoms. The Morgan fingerprint density at radius 2 is 1.67 bits per heavy atom. The lowest BCUT2D eigenvalue weighted by Gasteiger charge is -2.07. The van der Waals surface area contributed by atoms with Crippen molar-refractivity contribution in [3.8, 4) is 5.75 Å². The van der Waals surface area contributed by atoms with Crippen LogP contribution in [0.5, 0.6) is 5.75 Å². The quantitative estimate of drug-likeness (QED) is 0.101. The summed E-state index contributed by atoms with van der Waals surface area (Å²) in [6, 6.07) is 20.7. The predicted octanol–water partition coefficient (Wildman–Crippen LogP) is 5.76. The molecule has 0 atom stereocenters. The second kappa shape index (κ2) is 14.2. The summed E-state index contributed by atoms with van der Waals surface area (Å²) in [6.45, 7) is 0.539. The standard InChI is InChI=1S/C27H25BrClN3O4/c28-23-13-5-3-11-21(23)26(34)30-16-7-1-2-15-25(33)32-31-18-19-9-8-10-20(17-19)36-27(35)22-12-4-6-14-24(22)29/h3-6,8-14,17-18H,1-2,7,15-16H2,(H,30,34)(H,32,33). The van der Waals surface area contributed by atoms with Crippen LogP contribution in [-0.2, 0) is 4.79 Å². The molecule has 186 valence electrons. The van der Waals surface area contributed by atoms with Gasteiger partial charge in [-0.1, -0.05) is 54.4 Å². The number of nitrogens with one attached hydrogen (secondary N) is 2. The highest BCUT2D eigenvalue weighted by Gasteiger charge is 2.12. The van der Waals surface area contributed by atoms with E-state index in [2.05, 4.69) is 31.8 Å². The number of nitrogens with zero attached hydrogens (tertiary/aromatic N) is 1. The number of halogens is 2. The second-order valence-corrected chi connectivity index (χ2v) is 9.04. The average Bonchev–Trinajstić information content (AvgIpc) is 2.86. The fourth-order valence-electron chi connectivity index (χ4n) is 3.21. The van der Waals surface area contributed by atoms with E-state index in [-0.39, 0.29) is 17.4 Å². The van der Waals surface area contributed by atoms with Gasteiger partial charge < -0.3 is 10.1 Å². The zero-order valence-corrected chi connectivity index (χ0v) is 21.7. The topological polar surface area (TPSA) is 96.9 Å². The maximum atomic E-state index is 12.3. The van der Waals surface area contributed by atoms with E-state index in [1.807, 2.05) is 18.2 Å². The number of hydrazone groups is 1. The molecule has 0 aliphatic rings. The highest BCUT2D eigenvalue weighted by molar-refractivity contribution is 9.10. The average molecular weight is 571 g/mol. The van der Waals surface area contributed by atoms with Crippen molar-refractivity contribution in [3.05, 3.63) is 99.0 Å². The van der Waals surface area contributed by atoms with Crippen LogP contribution in [0.25, 0.3) is 0 Å². The molecular formula is C27H25BrClN3O4. The molecule has 3 aromatic rings. The van der Waals surface area contributed by atoms with Crippen molar-refractivity contribution in [1.82, 2.24) is 10.7 Å². The minimum Gasteiger partial charge on any atom is -0.423 e. The third-order valence-electron chi connectivity index (χ3n) is 5.05. The Morgan fingerprint density at radius 3 is 2.44 bits per heavy atom. The van der Waals surface area contributed by atoms with Crippen LogP contribution in [0.2, 0.25) is 5.02 Å². The minimum absolute atomic E-state index is 0.128. The van der Waals surface area contributed by atoms with Crippen LogP contribution in [0.15, 0.2) is 82.4 Å². The van der Waals surface area contributed by atoms with Crippen molar-refractivity contribution in [2.45, 2.75) is 25.7 Å². The molecule has 0 fully saturated rings. The third kappa shape index (κ3) is 8.62. The fourth-order valence-corrected chi connectivity index (χ4v) is 3.89. The summed E-state index contributed by atoms with van der Waals surface area (Å²) < 4.78 is 6.13. The normalized spacial score (nSPS) is 10.7. The van der Waals surface area contributed by atoms with Crippen LogP contribution in [0, 0.1) is 0 Å². The zero-order chi connectivity index (χ0) is 25.8. The first-order chi connectivity index (χ1) is 17.4. The number of amides is 2. The first-order valence-corrected chi connectivity index (χ1v) is 12.5. The summed E-state index contributed by atoms with van der Waals surface area (Å²) >= 11 is 9.40. The summed E-state index contributed by atoms with van der Waals surface area (Å²) in [5.41, 5.74) is 4.02. The second-order valence-electron chi connectivity index (χ2n) is 7.78.